The molecule has 1 aliphatic rings. The van der Waals surface area contributed by atoms with Crippen LogP contribution < -0.4 is 10.6 Å². The van der Waals surface area contributed by atoms with Gasteiger partial charge in [-0.15, -0.1) is 0 Å². The number of carbonyl (C=O) groups is 2. The van der Waals surface area contributed by atoms with Crippen LogP contribution in [0.4, 0.5) is 0 Å². The van der Waals surface area contributed by atoms with E-state index in [1.54, 1.807) is 12.4 Å². The Morgan fingerprint density at radius 2 is 2.00 bits per heavy atom. The smallest absolute Gasteiger partial charge is 0.237 e. The quantitative estimate of drug-likeness (QED) is 0.793. The summed E-state index contributed by atoms with van der Waals surface area (Å²) in [6, 6.07) is 4.04. The Bertz CT molecular complexity index is 533. The first-order chi connectivity index (χ1) is 11.6. The van der Waals surface area contributed by atoms with Crippen molar-refractivity contribution < 1.29 is 9.59 Å². The van der Waals surface area contributed by atoms with E-state index in [1.165, 1.54) is 0 Å². The van der Waals surface area contributed by atoms with Crippen molar-refractivity contribution in [3.63, 3.8) is 0 Å². The first kappa shape index (κ1) is 18.4. The first-order valence-corrected chi connectivity index (χ1v) is 8.77. The number of nitrogens with zero attached hydrogens (tertiary/aromatic N) is 2. The number of amides is 2. The van der Waals surface area contributed by atoms with Crippen molar-refractivity contribution in [2.45, 2.75) is 58.2 Å². The van der Waals surface area contributed by atoms with Gasteiger partial charge in [0.25, 0.3) is 0 Å². The molecule has 24 heavy (non-hydrogen) atoms. The van der Waals surface area contributed by atoms with Crippen molar-refractivity contribution in [2.24, 2.45) is 0 Å². The number of nitrogens with one attached hydrogen (secondary N) is 2. The number of pyridine rings is 1. The third-order valence-corrected chi connectivity index (χ3v) is 4.40. The van der Waals surface area contributed by atoms with Gasteiger partial charge in [-0.25, -0.2) is 0 Å². The van der Waals surface area contributed by atoms with Crippen LogP contribution >= 0.6 is 0 Å². The van der Waals surface area contributed by atoms with Crippen LogP contribution in [0.15, 0.2) is 24.5 Å². The van der Waals surface area contributed by atoms with Crippen molar-refractivity contribution in [2.75, 3.05) is 13.1 Å². The van der Waals surface area contributed by atoms with E-state index in [4.69, 9.17) is 0 Å². The second-order valence-electron chi connectivity index (χ2n) is 6.52. The van der Waals surface area contributed by atoms with Crippen LogP contribution in [-0.4, -0.2) is 46.9 Å². The Morgan fingerprint density at radius 1 is 1.25 bits per heavy atom. The van der Waals surface area contributed by atoms with Gasteiger partial charge in [0.15, 0.2) is 0 Å². The molecule has 0 aromatic carbocycles. The fourth-order valence-electron chi connectivity index (χ4n) is 3.06. The van der Waals surface area contributed by atoms with E-state index in [2.05, 4.69) is 34.4 Å². The van der Waals surface area contributed by atoms with Crippen LogP contribution in [-0.2, 0) is 16.1 Å². The summed E-state index contributed by atoms with van der Waals surface area (Å²) in [4.78, 5) is 30.4. The fraction of sp³-hybridized carbons (Fsp3) is 0.611. The molecule has 1 aromatic heterocycles. The molecule has 0 spiro atoms. The van der Waals surface area contributed by atoms with Gasteiger partial charge in [-0.3, -0.25) is 19.5 Å². The highest BCUT2D eigenvalue weighted by Crippen LogP contribution is 2.19. The van der Waals surface area contributed by atoms with Gasteiger partial charge in [0.2, 0.25) is 11.8 Å². The lowest BCUT2D eigenvalue weighted by Gasteiger charge is -2.37. The molecule has 6 nitrogen and oxygen atoms in total. The number of likely N-dealkylation sites (tertiary alicyclic amines) is 1. The van der Waals surface area contributed by atoms with E-state index in [-0.39, 0.29) is 17.9 Å². The SMILES string of the molecule is CC(C)N1CCCCC1C(=O)NCCC(=O)NCc1ccncc1. The molecule has 6 heteroatoms. The molecule has 1 atom stereocenters. The van der Waals surface area contributed by atoms with Crippen molar-refractivity contribution in [1.29, 1.82) is 0 Å². The van der Waals surface area contributed by atoms with Crippen LogP contribution in [0.5, 0.6) is 0 Å². The molecule has 2 rings (SSSR count). The van der Waals surface area contributed by atoms with Gasteiger partial charge in [-0.05, 0) is 50.9 Å². The zero-order valence-corrected chi connectivity index (χ0v) is 14.6. The van der Waals surface area contributed by atoms with Crippen molar-refractivity contribution in [3.8, 4) is 0 Å². The predicted octanol–water partition coefficient (Wildman–Crippen LogP) is 1.47. The van der Waals surface area contributed by atoms with Gasteiger partial charge in [0, 0.05) is 37.9 Å². The van der Waals surface area contributed by atoms with Crippen molar-refractivity contribution in [3.05, 3.63) is 30.1 Å². The highest BCUT2D eigenvalue weighted by atomic mass is 16.2. The third-order valence-electron chi connectivity index (χ3n) is 4.40. The van der Waals surface area contributed by atoms with Gasteiger partial charge in [-0.2, -0.15) is 0 Å². The molecule has 1 unspecified atom stereocenters. The molecular weight excluding hydrogens is 304 g/mol. The van der Waals surface area contributed by atoms with Crippen LogP contribution in [0.3, 0.4) is 0 Å². The molecule has 0 radical (unpaired) electrons. The lowest BCUT2D eigenvalue weighted by Crippen LogP contribution is -2.52. The molecule has 1 saturated heterocycles. The maximum atomic E-state index is 12.4. The van der Waals surface area contributed by atoms with Crippen molar-refractivity contribution >= 4 is 11.8 Å². The molecule has 0 bridgehead atoms. The number of hydrogen-bond acceptors (Lipinski definition) is 4. The molecule has 2 amide bonds. The Balaban J connectivity index is 1.68. The number of rotatable bonds is 7. The second kappa shape index (κ2) is 9.37. The van der Waals surface area contributed by atoms with E-state index in [0.29, 0.717) is 25.6 Å². The number of carbonyl (C=O) groups excluding carboxylic acids is 2. The summed E-state index contributed by atoms with van der Waals surface area (Å²) in [5.74, 6) is -0.0122. The minimum absolute atomic E-state index is 0.0466. The summed E-state index contributed by atoms with van der Waals surface area (Å²) in [5.41, 5.74) is 1.01. The first-order valence-electron chi connectivity index (χ1n) is 8.77. The summed E-state index contributed by atoms with van der Waals surface area (Å²) in [5, 5.41) is 5.77. The van der Waals surface area contributed by atoms with Gasteiger partial charge in [0.05, 0.1) is 6.04 Å². The fourth-order valence-corrected chi connectivity index (χ4v) is 3.06. The molecular formula is C18H28N4O2. The monoisotopic (exact) mass is 332 g/mol. The van der Waals surface area contributed by atoms with Crippen molar-refractivity contribution in [1.82, 2.24) is 20.5 Å². The molecule has 1 aliphatic heterocycles. The Labute approximate surface area is 144 Å². The summed E-state index contributed by atoms with van der Waals surface area (Å²) < 4.78 is 0. The number of aromatic nitrogens is 1. The third kappa shape index (κ3) is 5.60. The summed E-state index contributed by atoms with van der Waals surface area (Å²) in [6.45, 7) is 6.08. The molecule has 2 N–H and O–H groups in total. The molecule has 1 fully saturated rings. The van der Waals surface area contributed by atoms with Gasteiger partial charge >= 0.3 is 0 Å². The lowest BCUT2D eigenvalue weighted by molar-refractivity contribution is -0.128. The van der Waals surface area contributed by atoms with Gasteiger partial charge in [-0.1, -0.05) is 6.42 Å². The van der Waals surface area contributed by atoms with Crippen LogP contribution in [0.1, 0.15) is 45.1 Å². The summed E-state index contributed by atoms with van der Waals surface area (Å²) in [6.07, 6.45) is 6.84. The molecule has 1 aromatic rings. The number of hydrogen-bond donors (Lipinski definition) is 2. The molecule has 132 valence electrons. The van der Waals surface area contributed by atoms with Gasteiger partial charge < -0.3 is 10.6 Å². The highest BCUT2D eigenvalue weighted by molar-refractivity contribution is 5.83. The zero-order valence-electron chi connectivity index (χ0n) is 14.6. The van der Waals surface area contributed by atoms with Crippen LogP contribution in [0.25, 0.3) is 0 Å². The predicted molar refractivity (Wildman–Crippen MR) is 93.2 cm³/mol. The lowest BCUT2D eigenvalue weighted by atomic mass is 9.99. The van der Waals surface area contributed by atoms with E-state index >= 15 is 0 Å². The van der Waals surface area contributed by atoms with E-state index < -0.39 is 0 Å². The minimum atomic E-state index is -0.0588. The van der Waals surface area contributed by atoms with Crippen LogP contribution in [0, 0.1) is 0 Å². The Kier molecular flexibility index (Phi) is 7.18. The topological polar surface area (TPSA) is 74.3 Å². The highest BCUT2D eigenvalue weighted by Gasteiger charge is 2.29. The second-order valence-corrected chi connectivity index (χ2v) is 6.52. The Hall–Kier alpha value is -1.95. The summed E-state index contributed by atoms with van der Waals surface area (Å²) in [7, 11) is 0. The van der Waals surface area contributed by atoms with E-state index in [0.717, 1.165) is 31.4 Å². The minimum Gasteiger partial charge on any atom is -0.354 e. The largest absolute Gasteiger partial charge is 0.354 e. The standard InChI is InChI=1S/C18H28N4O2/c1-14(2)22-12-4-3-5-16(22)18(24)20-11-8-17(23)21-13-15-6-9-19-10-7-15/h6-7,9-10,14,16H,3-5,8,11-13H2,1-2H3,(H,20,24)(H,21,23). The molecule has 2 heterocycles. The molecule has 0 saturated carbocycles. The number of piperidine rings is 1. The normalized spacial score (nSPS) is 18.4. The average molecular weight is 332 g/mol. The van der Waals surface area contributed by atoms with E-state index in [9.17, 15) is 9.59 Å². The Morgan fingerprint density at radius 3 is 2.71 bits per heavy atom. The zero-order chi connectivity index (χ0) is 17.4. The maximum absolute atomic E-state index is 12.4. The summed E-state index contributed by atoms with van der Waals surface area (Å²) >= 11 is 0. The average Bonchev–Trinajstić information content (AvgIpc) is 2.60. The van der Waals surface area contributed by atoms with E-state index in [1.807, 2.05) is 12.1 Å². The molecule has 0 aliphatic carbocycles. The van der Waals surface area contributed by atoms with Gasteiger partial charge in [0.1, 0.15) is 0 Å². The van der Waals surface area contributed by atoms with Crippen LogP contribution in [0.2, 0.25) is 0 Å². The maximum Gasteiger partial charge on any atom is 0.237 e.